The lowest BCUT2D eigenvalue weighted by Gasteiger charge is -2.18. The minimum absolute atomic E-state index is 0.147. The van der Waals surface area contributed by atoms with Gasteiger partial charge in [-0.25, -0.2) is 0 Å². The molecule has 0 aliphatic heterocycles. The standard InChI is InChI=1S/C12H20N2OS/c1-4-10(2)13-8-12(15)14(3)9-11-6-5-7-16-11/h5-7,10,13H,4,8-9H2,1-3H3. The molecule has 0 bridgehead atoms. The zero-order chi connectivity index (χ0) is 12.0. The molecule has 0 aliphatic carbocycles. The number of likely N-dealkylation sites (N-methyl/N-ethyl adjacent to an activating group) is 1. The van der Waals surface area contributed by atoms with Gasteiger partial charge in [-0.3, -0.25) is 4.79 Å². The molecule has 0 spiro atoms. The molecule has 1 aromatic rings. The van der Waals surface area contributed by atoms with Crippen LogP contribution in [-0.4, -0.2) is 30.4 Å². The van der Waals surface area contributed by atoms with E-state index in [0.29, 0.717) is 19.1 Å². The summed E-state index contributed by atoms with van der Waals surface area (Å²) >= 11 is 1.68. The molecule has 0 aliphatic rings. The van der Waals surface area contributed by atoms with Crippen LogP contribution in [0.15, 0.2) is 17.5 Å². The van der Waals surface area contributed by atoms with E-state index in [1.807, 2.05) is 18.5 Å². The highest BCUT2D eigenvalue weighted by molar-refractivity contribution is 7.09. The van der Waals surface area contributed by atoms with Gasteiger partial charge in [-0.1, -0.05) is 13.0 Å². The number of carbonyl (C=O) groups excluding carboxylic acids is 1. The van der Waals surface area contributed by atoms with E-state index in [2.05, 4.69) is 25.2 Å². The Balaban J connectivity index is 2.31. The molecule has 1 unspecified atom stereocenters. The summed E-state index contributed by atoms with van der Waals surface area (Å²) in [5.74, 6) is 0.147. The van der Waals surface area contributed by atoms with Crippen molar-refractivity contribution >= 4 is 17.2 Å². The molecule has 1 N–H and O–H groups in total. The van der Waals surface area contributed by atoms with Crippen LogP contribution in [0.2, 0.25) is 0 Å². The second-order valence-corrected chi connectivity index (χ2v) is 5.05. The summed E-state index contributed by atoms with van der Waals surface area (Å²) < 4.78 is 0. The van der Waals surface area contributed by atoms with Gasteiger partial charge in [0.15, 0.2) is 0 Å². The third-order valence-electron chi connectivity index (χ3n) is 2.61. The van der Waals surface area contributed by atoms with Gasteiger partial charge in [0.1, 0.15) is 0 Å². The van der Waals surface area contributed by atoms with Crippen molar-refractivity contribution in [1.82, 2.24) is 10.2 Å². The molecule has 16 heavy (non-hydrogen) atoms. The van der Waals surface area contributed by atoms with Gasteiger partial charge in [-0.2, -0.15) is 0 Å². The van der Waals surface area contributed by atoms with Crippen LogP contribution in [0.3, 0.4) is 0 Å². The number of nitrogens with zero attached hydrogens (tertiary/aromatic N) is 1. The molecule has 1 amide bonds. The maximum atomic E-state index is 11.8. The van der Waals surface area contributed by atoms with Crippen LogP contribution in [0.25, 0.3) is 0 Å². The molecule has 0 aromatic carbocycles. The lowest BCUT2D eigenvalue weighted by atomic mass is 10.2. The maximum absolute atomic E-state index is 11.8. The lowest BCUT2D eigenvalue weighted by molar-refractivity contribution is -0.129. The molecule has 90 valence electrons. The largest absolute Gasteiger partial charge is 0.340 e. The fourth-order valence-electron chi connectivity index (χ4n) is 1.27. The average molecular weight is 240 g/mol. The first kappa shape index (κ1) is 13.2. The van der Waals surface area contributed by atoms with E-state index >= 15 is 0 Å². The van der Waals surface area contributed by atoms with Crippen molar-refractivity contribution in [3.8, 4) is 0 Å². The van der Waals surface area contributed by atoms with Crippen LogP contribution in [-0.2, 0) is 11.3 Å². The van der Waals surface area contributed by atoms with Gasteiger partial charge >= 0.3 is 0 Å². The Morgan fingerprint density at radius 3 is 2.94 bits per heavy atom. The molecule has 4 heteroatoms. The molecule has 0 saturated carbocycles. The highest BCUT2D eigenvalue weighted by Gasteiger charge is 2.10. The number of hydrogen-bond donors (Lipinski definition) is 1. The third kappa shape index (κ3) is 4.33. The normalized spacial score (nSPS) is 12.4. The third-order valence-corrected chi connectivity index (χ3v) is 3.47. The van der Waals surface area contributed by atoms with E-state index in [0.717, 1.165) is 6.42 Å². The average Bonchev–Trinajstić information content (AvgIpc) is 2.77. The molecule has 1 heterocycles. The van der Waals surface area contributed by atoms with Crippen LogP contribution in [0.4, 0.5) is 0 Å². The van der Waals surface area contributed by atoms with Gasteiger partial charge in [0.25, 0.3) is 0 Å². The van der Waals surface area contributed by atoms with Crippen LogP contribution in [0.1, 0.15) is 25.1 Å². The Hall–Kier alpha value is -0.870. The van der Waals surface area contributed by atoms with E-state index < -0.39 is 0 Å². The molecule has 1 atom stereocenters. The second kappa shape index (κ2) is 6.66. The predicted octanol–water partition coefficient (Wildman–Crippen LogP) is 2.09. The fourth-order valence-corrected chi connectivity index (χ4v) is 2.02. The first-order valence-corrected chi connectivity index (χ1v) is 6.51. The Morgan fingerprint density at radius 1 is 1.62 bits per heavy atom. The van der Waals surface area contributed by atoms with Crippen molar-refractivity contribution in [2.75, 3.05) is 13.6 Å². The van der Waals surface area contributed by atoms with Gasteiger partial charge in [0.2, 0.25) is 5.91 Å². The van der Waals surface area contributed by atoms with Crippen molar-refractivity contribution < 1.29 is 4.79 Å². The minimum Gasteiger partial charge on any atom is -0.340 e. The SMILES string of the molecule is CCC(C)NCC(=O)N(C)Cc1cccs1. The molecular formula is C12H20N2OS. The van der Waals surface area contributed by atoms with Gasteiger partial charge in [0.05, 0.1) is 13.1 Å². The summed E-state index contributed by atoms with van der Waals surface area (Å²) in [5, 5.41) is 5.24. The number of amides is 1. The van der Waals surface area contributed by atoms with Gasteiger partial charge in [-0.15, -0.1) is 11.3 Å². The molecule has 0 fully saturated rings. The van der Waals surface area contributed by atoms with Crippen molar-refractivity contribution in [2.45, 2.75) is 32.9 Å². The summed E-state index contributed by atoms with van der Waals surface area (Å²) in [6.45, 7) is 5.33. The summed E-state index contributed by atoms with van der Waals surface area (Å²) in [6.07, 6.45) is 1.04. The fraction of sp³-hybridized carbons (Fsp3) is 0.583. The maximum Gasteiger partial charge on any atom is 0.236 e. The summed E-state index contributed by atoms with van der Waals surface area (Å²) in [5.41, 5.74) is 0. The van der Waals surface area contributed by atoms with Gasteiger partial charge in [-0.05, 0) is 24.8 Å². The van der Waals surface area contributed by atoms with Gasteiger partial charge in [0, 0.05) is 18.0 Å². The first-order valence-electron chi connectivity index (χ1n) is 5.63. The zero-order valence-electron chi connectivity index (χ0n) is 10.2. The number of thiophene rings is 1. The summed E-state index contributed by atoms with van der Waals surface area (Å²) in [7, 11) is 1.85. The van der Waals surface area contributed by atoms with Crippen LogP contribution >= 0.6 is 11.3 Å². The molecular weight excluding hydrogens is 220 g/mol. The zero-order valence-corrected chi connectivity index (χ0v) is 11.0. The highest BCUT2D eigenvalue weighted by atomic mass is 32.1. The quantitative estimate of drug-likeness (QED) is 0.826. The van der Waals surface area contributed by atoms with E-state index in [1.165, 1.54) is 4.88 Å². The van der Waals surface area contributed by atoms with E-state index in [4.69, 9.17) is 0 Å². The topological polar surface area (TPSA) is 32.3 Å². The van der Waals surface area contributed by atoms with Crippen molar-refractivity contribution in [2.24, 2.45) is 0 Å². The molecule has 3 nitrogen and oxygen atoms in total. The lowest BCUT2D eigenvalue weighted by Crippen LogP contribution is -2.38. The van der Waals surface area contributed by atoms with Crippen molar-refractivity contribution in [3.63, 3.8) is 0 Å². The van der Waals surface area contributed by atoms with Crippen LogP contribution < -0.4 is 5.32 Å². The summed E-state index contributed by atoms with van der Waals surface area (Å²) in [4.78, 5) is 14.7. The van der Waals surface area contributed by atoms with E-state index in [-0.39, 0.29) is 5.91 Å². The first-order chi connectivity index (χ1) is 7.63. The highest BCUT2D eigenvalue weighted by Crippen LogP contribution is 2.10. The van der Waals surface area contributed by atoms with E-state index in [1.54, 1.807) is 16.2 Å². The van der Waals surface area contributed by atoms with Crippen molar-refractivity contribution in [3.05, 3.63) is 22.4 Å². The van der Waals surface area contributed by atoms with Crippen molar-refractivity contribution in [1.29, 1.82) is 0 Å². The monoisotopic (exact) mass is 240 g/mol. The Morgan fingerprint density at radius 2 is 2.38 bits per heavy atom. The Labute approximate surface area is 101 Å². The predicted molar refractivity (Wildman–Crippen MR) is 68.5 cm³/mol. The number of rotatable bonds is 6. The smallest absolute Gasteiger partial charge is 0.236 e. The molecule has 0 saturated heterocycles. The Bertz CT molecular complexity index is 311. The van der Waals surface area contributed by atoms with E-state index in [9.17, 15) is 4.79 Å². The summed E-state index contributed by atoms with van der Waals surface area (Å²) in [6, 6.07) is 4.46. The molecule has 0 radical (unpaired) electrons. The minimum atomic E-state index is 0.147. The molecule has 1 rings (SSSR count). The number of hydrogen-bond acceptors (Lipinski definition) is 3. The number of carbonyl (C=O) groups is 1. The molecule has 1 aromatic heterocycles. The van der Waals surface area contributed by atoms with Crippen LogP contribution in [0, 0.1) is 0 Å². The van der Waals surface area contributed by atoms with Gasteiger partial charge < -0.3 is 10.2 Å². The number of nitrogens with one attached hydrogen (secondary N) is 1. The Kier molecular flexibility index (Phi) is 5.49. The van der Waals surface area contributed by atoms with Crippen LogP contribution in [0.5, 0.6) is 0 Å². The second-order valence-electron chi connectivity index (χ2n) is 4.02.